The minimum atomic E-state index is -0.245. The van der Waals surface area contributed by atoms with E-state index in [1.54, 1.807) is 36.7 Å². The second-order valence-corrected chi connectivity index (χ2v) is 6.67. The van der Waals surface area contributed by atoms with Gasteiger partial charge in [0.15, 0.2) is 0 Å². The van der Waals surface area contributed by atoms with E-state index in [0.29, 0.717) is 11.3 Å². The number of phenols is 1. The van der Waals surface area contributed by atoms with Gasteiger partial charge < -0.3 is 5.11 Å². The molecule has 0 saturated carbocycles. The number of carbonyl (C=O) groups excluding carboxylic acids is 1. The van der Waals surface area contributed by atoms with Crippen molar-refractivity contribution in [3.8, 4) is 5.75 Å². The van der Waals surface area contributed by atoms with Crippen LogP contribution in [0.25, 0.3) is 0 Å². The van der Waals surface area contributed by atoms with Crippen LogP contribution < -0.4 is 0 Å². The van der Waals surface area contributed by atoms with Gasteiger partial charge in [-0.1, -0.05) is 18.2 Å². The number of nitrogens with zero attached hydrogens (tertiary/aromatic N) is 3. The highest BCUT2D eigenvalue weighted by Crippen LogP contribution is 2.35. The molecular weight excluding hydrogens is 334 g/mol. The Bertz CT molecular complexity index is 923. The van der Waals surface area contributed by atoms with Crippen molar-refractivity contribution in [2.24, 2.45) is 5.10 Å². The number of pyridine rings is 1. The molecule has 0 spiro atoms. The van der Waals surface area contributed by atoms with Gasteiger partial charge in [-0.25, -0.2) is 5.01 Å². The quantitative estimate of drug-likeness (QED) is 0.781. The number of aromatic nitrogens is 1. The maximum absolute atomic E-state index is 12.9. The van der Waals surface area contributed by atoms with Crippen LogP contribution in [0.5, 0.6) is 5.75 Å². The van der Waals surface area contributed by atoms with Crippen LogP contribution >= 0.6 is 11.3 Å². The molecule has 0 radical (unpaired) electrons. The number of rotatable bonds is 3. The van der Waals surface area contributed by atoms with E-state index >= 15 is 0 Å². The summed E-state index contributed by atoms with van der Waals surface area (Å²) in [5, 5.41) is 17.8. The highest BCUT2D eigenvalue weighted by molar-refractivity contribution is 7.12. The van der Waals surface area contributed by atoms with E-state index in [9.17, 15) is 9.90 Å². The van der Waals surface area contributed by atoms with E-state index < -0.39 is 0 Å². The first-order valence-corrected chi connectivity index (χ1v) is 8.74. The zero-order valence-electron chi connectivity index (χ0n) is 13.2. The zero-order chi connectivity index (χ0) is 17.2. The van der Waals surface area contributed by atoms with Crippen molar-refractivity contribution in [2.45, 2.75) is 12.5 Å². The van der Waals surface area contributed by atoms with Gasteiger partial charge in [-0.3, -0.25) is 9.78 Å². The van der Waals surface area contributed by atoms with Crippen LogP contribution in [0.3, 0.4) is 0 Å². The van der Waals surface area contributed by atoms with Crippen LogP contribution in [-0.2, 0) is 0 Å². The third-order valence-corrected chi connectivity index (χ3v) is 4.98. The molecule has 4 rings (SSSR count). The van der Waals surface area contributed by atoms with Gasteiger partial charge in [-0.2, -0.15) is 5.10 Å². The Morgan fingerprint density at radius 2 is 2.00 bits per heavy atom. The van der Waals surface area contributed by atoms with Crippen molar-refractivity contribution in [1.82, 2.24) is 9.99 Å². The second kappa shape index (κ2) is 6.49. The molecule has 6 heteroatoms. The highest BCUT2D eigenvalue weighted by Gasteiger charge is 2.34. The largest absolute Gasteiger partial charge is 0.508 e. The van der Waals surface area contributed by atoms with Crippen LogP contribution in [0.4, 0.5) is 0 Å². The summed E-state index contributed by atoms with van der Waals surface area (Å²) in [5.41, 5.74) is 2.64. The predicted molar refractivity (Wildman–Crippen MR) is 96.7 cm³/mol. The van der Waals surface area contributed by atoms with Crippen LogP contribution in [0.1, 0.15) is 33.3 Å². The van der Waals surface area contributed by atoms with E-state index in [1.165, 1.54) is 16.3 Å². The molecule has 1 aromatic carbocycles. The molecule has 25 heavy (non-hydrogen) atoms. The van der Waals surface area contributed by atoms with Gasteiger partial charge in [0, 0.05) is 24.4 Å². The fraction of sp³-hybridized carbons (Fsp3) is 0.105. The lowest BCUT2D eigenvalue weighted by atomic mass is 9.98. The predicted octanol–water partition coefficient (Wildman–Crippen LogP) is 3.84. The lowest BCUT2D eigenvalue weighted by molar-refractivity contribution is 0.0716. The number of thiophene rings is 1. The van der Waals surface area contributed by atoms with Gasteiger partial charge in [0.1, 0.15) is 5.75 Å². The monoisotopic (exact) mass is 349 g/mol. The molecule has 1 aliphatic rings. The second-order valence-electron chi connectivity index (χ2n) is 5.72. The smallest absolute Gasteiger partial charge is 0.284 e. The van der Waals surface area contributed by atoms with Crippen LogP contribution in [-0.4, -0.2) is 26.7 Å². The molecule has 5 nitrogen and oxygen atoms in total. The van der Waals surface area contributed by atoms with Gasteiger partial charge in [0.05, 0.1) is 16.6 Å². The Kier molecular flexibility index (Phi) is 4.03. The molecule has 3 heterocycles. The van der Waals surface area contributed by atoms with E-state index in [0.717, 1.165) is 16.8 Å². The van der Waals surface area contributed by atoms with Crippen molar-refractivity contribution in [3.05, 3.63) is 82.3 Å². The molecular formula is C19H15N3O2S. The van der Waals surface area contributed by atoms with E-state index in [4.69, 9.17) is 0 Å². The molecule has 1 atom stereocenters. The Hall–Kier alpha value is -2.99. The number of aromatic hydroxyl groups is 1. The number of phenolic OH excluding ortho intramolecular Hbond substituents is 1. The number of benzene rings is 1. The molecule has 0 aliphatic carbocycles. The number of hydrogen-bond acceptors (Lipinski definition) is 5. The fourth-order valence-corrected chi connectivity index (χ4v) is 3.58. The topological polar surface area (TPSA) is 65.8 Å². The molecule has 124 valence electrons. The van der Waals surface area contributed by atoms with Crippen molar-refractivity contribution >= 4 is 23.0 Å². The Balaban J connectivity index is 1.74. The Morgan fingerprint density at radius 3 is 2.72 bits per heavy atom. The third kappa shape index (κ3) is 3.04. The lowest BCUT2D eigenvalue weighted by Gasteiger charge is -2.21. The van der Waals surface area contributed by atoms with Gasteiger partial charge in [0.2, 0.25) is 0 Å². The summed E-state index contributed by atoms with van der Waals surface area (Å²) in [6, 6.07) is 14.2. The summed E-state index contributed by atoms with van der Waals surface area (Å²) in [4.78, 5) is 17.6. The van der Waals surface area contributed by atoms with Crippen LogP contribution in [0.15, 0.2) is 71.4 Å². The van der Waals surface area contributed by atoms with Crippen molar-refractivity contribution in [1.29, 1.82) is 0 Å². The maximum atomic E-state index is 12.9. The summed E-state index contributed by atoms with van der Waals surface area (Å²) in [6.07, 6.45) is 4.01. The summed E-state index contributed by atoms with van der Waals surface area (Å²) in [5.74, 6) is 0.0470. The molecule has 1 aliphatic heterocycles. The number of carbonyl (C=O) groups is 1. The minimum Gasteiger partial charge on any atom is -0.508 e. The molecule has 2 aromatic heterocycles. The molecule has 1 N–H and O–H groups in total. The minimum absolute atomic E-state index is 0.132. The SMILES string of the molecule is O=C(c1cccs1)N1N=C(c2ccncc2)C[C@H]1c1cccc(O)c1. The van der Waals surface area contributed by atoms with Gasteiger partial charge >= 0.3 is 0 Å². The zero-order valence-corrected chi connectivity index (χ0v) is 14.1. The average molecular weight is 349 g/mol. The molecule has 0 unspecified atom stereocenters. The highest BCUT2D eigenvalue weighted by atomic mass is 32.1. The van der Waals surface area contributed by atoms with Gasteiger partial charge in [0.25, 0.3) is 5.91 Å². The standard InChI is InChI=1S/C19H15N3O2S/c23-15-4-1-3-14(11-15)17-12-16(13-6-8-20-9-7-13)21-22(17)19(24)18-5-2-10-25-18/h1-11,17,23H,12H2/t17-/m0/s1. The number of amides is 1. The maximum Gasteiger partial charge on any atom is 0.284 e. The average Bonchev–Trinajstić information content (AvgIpc) is 3.32. The molecule has 1 amide bonds. The summed E-state index contributed by atoms with van der Waals surface area (Å²) in [7, 11) is 0. The lowest BCUT2D eigenvalue weighted by Crippen LogP contribution is -2.26. The van der Waals surface area contributed by atoms with Gasteiger partial charge in [-0.05, 0) is 41.3 Å². The van der Waals surface area contributed by atoms with Crippen molar-refractivity contribution in [3.63, 3.8) is 0 Å². The number of hydrazone groups is 1. The first-order chi connectivity index (χ1) is 12.2. The fourth-order valence-electron chi connectivity index (χ4n) is 2.92. The first-order valence-electron chi connectivity index (χ1n) is 7.86. The summed E-state index contributed by atoms with van der Waals surface area (Å²) < 4.78 is 0. The molecule has 0 saturated heterocycles. The summed E-state index contributed by atoms with van der Waals surface area (Å²) in [6.45, 7) is 0. The summed E-state index contributed by atoms with van der Waals surface area (Å²) >= 11 is 1.40. The molecule has 3 aromatic rings. The molecule has 0 fully saturated rings. The van der Waals surface area contributed by atoms with E-state index in [1.807, 2.05) is 29.6 Å². The van der Waals surface area contributed by atoms with E-state index in [2.05, 4.69) is 10.1 Å². The first kappa shape index (κ1) is 15.5. The van der Waals surface area contributed by atoms with Crippen molar-refractivity contribution < 1.29 is 9.90 Å². The molecule has 0 bridgehead atoms. The van der Waals surface area contributed by atoms with Gasteiger partial charge in [-0.15, -0.1) is 11.3 Å². The van der Waals surface area contributed by atoms with E-state index in [-0.39, 0.29) is 17.7 Å². The number of hydrogen-bond donors (Lipinski definition) is 1. The van der Waals surface area contributed by atoms with Crippen LogP contribution in [0, 0.1) is 0 Å². The normalized spacial score (nSPS) is 16.7. The van der Waals surface area contributed by atoms with Crippen LogP contribution in [0.2, 0.25) is 0 Å². The van der Waals surface area contributed by atoms with Crippen molar-refractivity contribution in [2.75, 3.05) is 0 Å². The Labute approximate surface area is 148 Å². The Morgan fingerprint density at radius 1 is 1.16 bits per heavy atom. The third-order valence-electron chi connectivity index (χ3n) is 4.12.